The minimum absolute atomic E-state index is 0.00742. The molecule has 4 nitrogen and oxygen atoms in total. The normalized spacial score (nSPS) is 29.2. The van der Waals surface area contributed by atoms with Crippen LogP contribution in [0.1, 0.15) is 57.8 Å². The zero-order valence-corrected chi connectivity index (χ0v) is 12.0. The van der Waals surface area contributed by atoms with E-state index in [2.05, 4.69) is 0 Å². The summed E-state index contributed by atoms with van der Waals surface area (Å²) >= 11 is 0. The summed E-state index contributed by atoms with van der Waals surface area (Å²) < 4.78 is 0. The predicted molar refractivity (Wildman–Crippen MR) is 76.3 cm³/mol. The van der Waals surface area contributed by atoms with Crippen LogP contribution < -0.4 is 0 Å². The second-order valence-electron chi connectivity index (χ2n) is 6.29. The molecule has 0 radical (unpaired) electrons. The molecule has 2 rings (SSSR count). The molecule has 20 heavy (non-hydrogen) atoms. The van der Waals surface area contributed by atoms with Crippen LogP contribution >= 0.6 is 0 Å². The SMILES string of the molecule is O=C(O)CC1C(CCC(O)C2CCCCC2)=CCC1O. The van der Waals surface area contributed by atoms with Crippen molar-refractivity contribution in [1.82, 2.24) is 0 Å². The first-order chi connectivity index (χ1) is 9.58. The van der Waals surface area contributed by atoms with Crippen LogP contribution in [0, 0.1) is 11.8 Å². The van der Waals surface area contributed by atoms with Gasteiger partial charge in [-0.05, 0) is 38.0 Å². The van der Waals surface area contributed by atoms with Gasteiger partial charge in [0.1, 0.15) is 0 Å². The van der Waals surface area contributed by atoms with Gasteiger partial charge in [-0.15, -0.1) is 0 Å². The Hall–Kier alpha value is -0.870. The standard InChI is InChI=1S/C16H26O4/c17-14(12-4-2-1-3-5-12)8-6-11-7-9-15(18)13(11)10-16(19)20/h7,12-15,17-18H,1-6,8-10H2,(H,19,20). The van der Waals surface area contributed by atoms with Crippen LogP contribution in [0.3, 0.4) is 0 Å². The lowest BCUT2D eigenvalue weighted by Gasteiger charge is -2.27. The third kappa shape index (κ3) is 4.06. The Morgan fingerprint density at radius 1 is 1.30 bits per heavy atom. The van der Waals surface area contributed by atoms with E-state index in [9.17, 15) is 15.0 Å². The molecular formula is C16H26O4. The van der Waals surface area contributed by atoms with Crippen LogP contribution in [0.4, 0.5) is 0 Å². The first kappa shape index (κ1) is 15.5. The van der Waals surface area contributed by atoms with Crippen LogP contribution in [0.2, 0.25) is 0 Å². The van der Waals surface area contributed by atoms with Crippen molar-refractivity contribution in [3.8, 4) is 0 Å². The zero-order valence-electron chi connectivity index (χ0n) is 12.0. The number of carboxylic acids is 1. The van der Waals surface area contributed by atoms with Crippen molar-refractivity contribution >= 4 is 5.97 Å². The van der Waals surface area contributed by atoms with Crippen molar-refractivity contribution in [3.63, 3.8) is 0 Å². The molecule has 3 N–H and O–H groups in total. The van der Waals surface area contributed by atoms with Crippen molar-refractivity contribution in [2.75, 3.05) is 0 Å². The molecule has 0 aliphatic heterocycles. The predicted octanol–water partition coefficient (Wildman–Crippen LogP) is 2.49. The van der Waals surface area contributed by atoms with Crippen LogP contribution in [0.15, 0.2) is 11.6 Å². The third-order valence-corrected chi connectivity index (χ3v) is 4.88. The number of aliphatic hydroxyl groups is 2. The van der Waals surface area contributed by atoms with Crippen LogP contribution in [0.25, 0.3) is 0 Å². The van der Waals surface area contributed by atoms with Crippen LogP contribution in [-0.4, -0.2) is 33.5 Å². The fourth-order valence-corrected chi connectivity index (χ4v) is 3.65. The second-order valence-corrected chi connectivity index (χ2v) is 6.29. The number of carbonyl (C=O) groups is 1. The highest BCUT2D eigenvalue weighted by Gasteiger charge is 2.30. The first-order valence-electron chi connectivity index (χ1n) is 7.84. The molecule has 0 saturated heterocycles. The fraction of sp³-hybridized carbons (Fsp3) is 0.812. The molecular weight excluding hydrogens is 256 g/mol. The molecule has 2 aliphatic rings. The van der Waals surface area contributed by atoms with E-state index < -0.39 is 12.1 Å². The molecule has 0 bridgehead atoms. The molecule has 1 saturated carbocycles. The minimum atomic E-state index is -0.866. The highest BCUT2D eigenvalue weighted by molar-refractivity contribution is 5.67. The average molecular weight is 282 g/mol. The van der Waals surface area contributed by atoms with Gasteiger partial charge < -0.3 is 15.3 Å². The van der Waals surface area contributed by atoms with Gasteiger partial charge in [0.15, 0.2) is 0 Å². The van der Waals surface area contributed by atoms with Gasteiger partial charge in [-0.25, -0.2) is 0 Å². The van der Waals surface area contributed by atoms with Crippen molar-refractivity contribution in [2.24, 2.45) is 11.8 Å². The molecule has 0 aromatic rings. The fourth-order valence-electron chi connectivity index (χ4n) is 3.65. The van der Waals surface area contributed by atoms with Gasteiger partial charge in [-0.2, -0.15) is 0 Å². The molecule has 1 fully saturated rings. The highest BCUT2D eigenvalue weighted by Crippen LogP contribution is 2.34. The van der Waals surface area contributed by atoms with E-state index in [4.69, 9.17) is 5.11 Å². The topological polar surface area (TPSA) is 77.8 Å². The summed E-state index contributed by atoms with van der Waals surface area (Å²) in [4.78, 5) is 10.8. The lowest BCUT2D eigenvalue weighted by Crippen LogP contribution is -2.24. The Labute approximate surface area is 120 Å². The Morgan fingerprint density at radius 3 is 2.65 bits per heavy atom. The number of rotatable bonds is 6. The summed E-state index contributed by atoms with van der Waals surface area (Å²) in [5.41, 5.74) is 1.02. The molecule has 4 heteroatoms. The maximum Gasteiger partial charge on any atom is 0.304 e. The molecule has 0 amide bonds. The van der Waals surface area contributed by atoms with Crippen molar-refractivity contribution < 1.29 is 20.1 Å². The second kappa shape index (κ2) is 7.23. The molecule has 2 aliphatic carbocycles. The molecule has 3 unspecified atom stereocenters. The van der Waals surface area contributed by atoms with E-state index in [1.54, 1.807) is 0 Å². The largest absolute Gasteiger partial charge is 0.481 e. The summed E-state index contributed by atoms with van der Waals surface area (Å²) in [5, 5.41) is 29.0. The van der Waals surface area contributed by atoms with Gasteiger partial charge in [-0.3, -0.25) is 4.79 Å². The van der Waals surface area contributed by atoms with Gasteiger partial charge >= 0.3 is 5.97 Å². The summed E-state index contributed by atoms with van der Waals surface area (Å²) in [7, 11) is 0. The van der Waals surface area contributed by atoms with Crippen LogP contribution in [-0.2, 0) is 4.79 Å². The lowest BCUT2D eigenvalue weighted by atomic mass is 9.82. The van der Waals surface area contributed by atoms with E-state index in [1.165, 1.54) is 19.3 Å². The molecule has 0 aromatic carbocycles. The first-order valence-corrected chi connectivity index (χ1v) is 7.84. The van der Waals surface area contributed by atoms with Gasteiger partial charge in [0.2, 0.25) is 0 Å². The van der Waals surface area contributed by atoms with E-state index in [-0.39, 0.29) is 18.4 Å². The Kier molecular flexibility index (Phi) is 5.61. The number of hydrogen-bond acceptors (Lipinski definition) is 3. The van der Waals surface area contributed by atoms with Crippen molar-refractivity contribution in [1.29, 1.82) is 0 Å². The average Bonchev–Trinajstić information content (AvgIpc) is 2.78. The molecule has 0 aromatic heterocycles. The molecule has 3 atom stereocenters. The van der Waals surface area contributed by atoms with Crippen molar-refractivity contribution in [3.05, 3.63) is 11.6 Å². The van der Waals surface area contributed by atoms with Gasteiger partial charge in [-0.1, -0.05) is 30.9 Å². The van der Waals surface area contributed by atoms with Crippen LogP contribution in [0.5, 0.6) is 0 Å². The number of hydrogen-bond donors (Lipinski definition) is 3. The Balaban J connectivity index is 1.81. The van der Waals surface area contributed by atoms with Crippen molar-refractivity contribution in [2.45, 2.75) is 70.0 Å². The maximum atomic E-state index is 10.8. The van der Waals surface area contributed by atoms with Gasteiger partial charge in [0.05, 0.1) is 18.6 Å². The zero-order chi connectivity index (χ0) is 14.5. The number of carboxylic acid groups (broad SMARTS) is 1. The number of aliphatic carboxylic acids is 1. The van der Waals surface area contributed by atoms with E-state index in [1.807, 2.05) is 6.08 Å². The molecule has 0 spiro atoms. The number of aliphatic hydroxyl groups excluding tert-OH is 2. The van der Waals surface area contributed by atoms with E-state index >= 15 is 0 Å². The maximum absolute atomic E-state index is 10.8. The van der Waals surface area contributed by atoms with Gasteiger partial charge in [0, 0.05) is 5.92 Å². The quantitative estimate of drug-likeness (QED) is 0.654. The highest BCUT2D eigenvalue weighted by atomic mass is 16.4. The smallest absolute Gasteiger partial charge is 0.304 e. The lowest BCUT2D eigenvalue weighted by molar-refractivity contribution is -0.138. The third-order valence-electron chi connectivity index (χ3n) is 4.88. The summed E-state index contributed by atoms with van der Waals surface area (Å²) in [6.45, 7) is 0. The van der Waals surface area contributed by atoms with E-state index in [0.29, 0.717) is 25.2 Å². The molecule has 114 valence electrons. The van der Waals surface area contributed by atoms with Gasteiger partial charge in [0.25, 0.3) is 0 Å². The van der Waals surface area contributed by atoms with E-state index in [0.717, 1.165) is 18.4 Å². The molecule has 0 heterocycles. The Bertz CT molecular complexity index is 357. The monoisotopic (exact) mass is 282 g/mol. The Morgan fingerprint density at radius 2 is 2.00 bits per heavy atom. The summed E-state index contributed by atoms with van der Waals surface area (Å²) in [5.74, 6) is -0.714. The minimum Gasteiger partial charge on any atom is -0.481 e. The summed E-state index contributed by atoms with van der Waals surface area (Å²) in [6, 6.07) is 0. The summed E-state index contributed by atoms with van der Waals surface area (Å²) in [6.07, 6.45) is 9.00.